The van der Waals surface area contributed by atoms with Crippen molar-refractivity contribution in [3.05, 3.63) is 29.5 Å². The van der Waals surface area contributed by atoms with Gasteiger partial charge >= 0.3 is 0 Å². The number of nitriles is 1. The summed E-state index contributed by atoms with van der Waals surface area (Å²) in [5.41, 5.74) is 1.04. The first kappa shape index (κ1) is 8.97. The molecule has 0 aliphatic rings. The lowest BCUT2D eigenvalue weighted by atomic mass is 10.3. The van der Waals surface area contributed by atoms with E-state index in [2.05, 4.69) is 16.0 Å². The van der Waals surface area contributed by atoms with Crippen LogP contribution in [0.15, 0.2) is 23.7 Å². The van der Waals surface area contributed by atoms with Gasteiger partial charge in [-0.15, -0.1) is 11.3 Å². The molecule has 0 spiro atoms. The molecular formula is C10H9N3S. The first-order chi connectivity index (χ1) is 6.90. The third-order valence-corrected chi connectivity index (χ3v) is 2.79. The molecule has 2 aromatic rings. The molecule has 4 heteroatoms. The molecule has 14 heavy (non-hydrogen) atoms. The molecule has 2 rings (SSSR count). The van der Waals surface area contributed by atoms with E-state index in [-0.39, 0.29) is 0 Å². The van der Waals surface area contributed by atoms with Crippen LogP contribution >= 0.6 is 11.3 Å². The van der Waals surface area contributed by atoms with Crippen LogP contribution in [0, 0.1) is 11.3 Å². The average molecular weight is 203 g/mol. The van der Waals surface area contributed by atoms with Gasteiger partial charge in [0.2, 0.25) is 0 Å². The normalized spacial score (nSPS) is 9.93. The molecule has 70 valence electrons. The number of aryl methyl sites for hydroxylation is 1. The van der Waals surface area contributed by atoms with Gasteiger partial charge in [0.05, 0.1) is 22.8 Å². The molecule has 3 nitrogen and oxygen atoms in total. The number of imidazole rings is 1. The minimum Gasteiger partial charge on any atom is -0.341 e. The number of thiophene rings is 1. The van der Waals surface area contributed by atoms with Gasteiger partial charge in [0.25, 0.3) is 0 Å². The summed E-state index contributed by atoms with van der Waals surface area (Å²) in [5.74, 6) is 0.884. The number of nitrogens with one attached hydrogen (secondary N) is 1. The molecule has 0 aliphatic heterocycles. The lowest BCUT2D eigenvalue weighted by molar-refractivity contribution is 0.918. The van der Waals surface area contributed by atoms with E-state index in [9.17, 15) is 0 Å². The first-order valence-electron chi connectivity index (χ1n) is 4.35. The lowest BCUT2D eigenvalue weighted by Crippen LogP contribution is -1.85. The van der Waals surface area contributed by atoms with Crippen LogP contribution in [-0.4, -0.2) is 9.97 Å². The van der Waals surface area contributed by atoms with Crippen molar-refractivity contribution in [2.45, 2.75) is 12.8 Å². The molecule has 0 aliphatic carbocycles. The SMILES string of the molecule is N#CCCc1ncc(-c2cccs2)[nH]1. The highest BCUT2D eigenvalue weighted by Crippen LogP contribution is 2.22. The van der Waals surface area contributed by atoms with E-state index in [1.807, 2.05) is 23.7 Å². The van der Waals surface area contributed by atoms with Crippen LogP contribution in [0.3, 0.4) is 0 Å². The third-order valence-electron chi connectivity index (χ3n) is 1.89. The summed E-state index contributed by atoms with van der Waals surface area (Å²) >= 11 is 1.68. The zero-order chi connectivity index (χ0) is 9.80. The Morgan fingerprint density at radius 3 is 3.21 bits per heavy atom. The van der Waals surface area contributed by atoms with Gasteiger partial charge in [-0.25, -0.2) is 4.98 Å². The number of aromatic amines is 1. The van der Waals surface area contributed by atoms with Crippen molar-refractivity contribution in [2.75, 3.05) is 0 Å². The molecule has 2 aromatic heterocycles. The molecule has 2 heterocycles. The second-order valence-corrected chi connectivity index (χ2v) is 3.83. The molecule has 0 bridgehead atoms. The standard InChI is InChI=1S/C10H9N3S/c11-5-1-4-10-12-7-8(13-10)9-3-2-6-14-9/h2-3,6-7H,1,4H2,(H,12,13). The van der Waals surface area contributed by atoms with Gasteiger partial charge in [0.15, 0.2) is 0 Å². The smallest absolute Gasteiger partial charge is 0.107 e. The van der Waals surface area contributed by atoms with Crippen molar-refractivity contribution in [3.63, 3.8) is 0 Å². The van der Waals surface area contributed by atoms with Crippen LogP contribution < -0.4 is 0 Å². The predicted octanol–water partition coefficient (Wildman–Crippen LogP) is 2.59. The number of H-pyrrole nitrogens is 1. The van der Waals surface area contributed by atoms with Gasteiger partial charge < -0.3 is 4.98 Å². The molecule has 0 atom stereocenters. The first-order valence-corrected chi connectivity index (χ1v) is 5.23. The number of nitrogens with zero attached hydrogens (tertiary/aromatic N) is 2. The molecule has 0 radical (unpaired) electrons. The highest BCUT2D eigenvalue weighted by atomic mass is 32.1. The monoisotopic (exact) mass is 203 g/mol. The fourth-order valence-electron chi connectivity index (χ4n) is 1.22. The number of aromatic nitrogens is 2. The van der Waals surface area contributed by atoms with E-state index < -0.39 is 0 Å². The molecule has 1 N–H and O–H groups in total. The summed E-state index contributed by atoms with van der Waals surface area (Å²) < 4.78 is 0. The van der Waals surface area contributed by atoms with Crippen LogP contribution in [0.5, 0.6) is 0 Å². The second kappa shape index (κ2) is 4.07. The summed E-state index contributed by atoms with van der Waals surface area (Å²) in [7, 11) is 0. The Kier molecular flexibility index (Phi) is 2.61. The minimum absolute atomic E-state index is 0.511. The van der Waals surface area contributed by atoms with Crippen molar-refractivity contribution in [1.29, 1.82) is 5.26 Å². The van der Waals surface area contributed by atoms with Crippen LogP contribution in [0.1, 0.15) is 12.2 Å². The fraction of sp³-hybridized carbons (Fsp3) is 0.200. The Bertz CT molecular complexity index is 436. The Labute approximate surface area is 86.0 Å². The summed E-state index contributed by atoms with van der Waals surface area (Å²) in [5, 5.41) is 10.5. The maximum absolute atomic E-state index is 8.43. The topological polar surface area (TPSA) is 52.5 Å². The number of hydrogen-bond donors (Lipinski definition) is 1. The van der Waals surface area contributed by atoms with E-state index in [4.69, 9.17) is 5.26 Å². The van der Waals surface area contributed by atoms with E-state index in [1.54, 1.807) is 11.3 Å². The predicted molar refractivity (Wildman–Crippen MR) is 55.8 cm³/mol. The Morgan fingerprint density at radius 2 is 2.50 bits per heavy atom. The van der Waals surface area contributed by atoms with Crippen molar-refractivity contribution >= 4 is 11.3 Å². The van der Waals surface area contributed by atoms with E-state index in [0.717, 1.165) is 11.5 Å². The Hall–Kier alpha value is -1.60. The molecule has 0 fully saturated rings. The van der Waals surface area contributed by atoms with Gasteiger partial charge in [0.1, 0.15) is 5.82 Å². The van der Waals surface area contributed by atoms with Gasteiger partial charge in [-0.05, 0) is 11.4 Å². The largest absolute Gasteiger partial charge is 0.341 e. The highest BCUT2D eigenvalue weighted by Gasteiger charge is 2.02. The quantitative estimate of drug-likeness (QED) is 0.833. The van der Waals surface area contributed by atoms with Gasteiger partial charge in [-0.3, -0.25) is 0 Å². The van der Waals surface area contributed by atoms with Gasteiger partial charge in [-0.1, -0.05) is 6.07 Å². The van der Waals surface area contributed by atoms with E-state index in [0.29, 0.717) is 12.8 Å². The Morgan fingerprint density at radius 1 is 1.57 bits per heavy atom. The van der Waals surface area contributed by atoms with E-state index in [1.165, 1.54) is 4.88 Å². The second-order valence-electron chi connectivity index (χ2n) is 2.88. The van der Waals surface area contributed by atoms with Crippen molar-refractivity contribution < 1.29 is 0 Å². The van der Waals surface area contributed by atoms with E-state index >= 15 is 0 Å². The summed E-state index contributed by atoms with van der Waals surface area (Å²) in [4.78, 5) is 8.59. The number of rotatable bonds is 3. The third kappa shape index (κ3) is 1.83. The van der Waals surface area contributed by atoms with Crippen molar-refractivity contribution in [1.82, 2.24) is 9.97 Å². The Balaban J connectivity index is 2.15. The van der Waals surface area contributed by atoms with Crippen LogP contribution in [0.2, 0.25) is 0 Å². The minimum atomic E-state index is 0.511. The summed E-state index contributed by atoms with van der Waals surface area (Å²) in [6, 6.07) is 6.16. The highest BCUT2D eigenvalue weighted by molar-refractivity contribution is 7.13. The zero-order valence-electron chi connectivity index (χ0n) is 7.53. The van der Waals surface area contributed by atoms with Gasteiger partial charge in [0, 0.05) is 12.8 Å². The van der Waals surface area contributed by atoms with Crippen LogP contribution in [0.4, 0.5) is 0 Å². The van der Waals surface area contributed by atoms with Gasteiger partial charge in [-0.2, -0.15) is 5.26 Å². The molecular weight excluding hydrogens is 194 g/mol. The van der Waals surface area contributed by atoms with Crippen molar-refractivity contribution in [2.24, 2.45) is 0 Å². The lowest BCUT2D eigenvalue weighted by Gasteiger charge is -1.90. The fourth-order valence-corrected chi connectivity index (χ4v) is 1.91. The molecule has 0 saturated carbocycles. The molecule has 0 unspecified atom stereocenters. The molecule has 0 saturated heterocycles. The van der Waals surface area contributed by atoms with Crippen molar-refractivity contribution in [3.8, 4) is 16.6 Å². The van der Waals surface area contributed by atoms with Crippen LogP contribution in [-0.2, 0) is 6.42 Å². The van der Waals surface area contributed by atoms with Crippen LogP contribution in [0.25, 0.3) is 10.6 Å². The zero-order valence-corrected chi connectivity index (χ0v) is 8.34. The average Bonchev–Trinajstić information content (AvgIpc) is 2.85. The molecule has 0 amide bonds. The maximum atomic E-state index is 8.43. The number of hydrogen-bond acceptors (Lipinski definition) is 3. The maximum Gasteiger partial charge on any atom is 0.107 e. The summed E-state index contributed by atoms with van der Waals surface area (Å²) in [6.45, 7) is 0. The summed E-state index contributed by atoms with van der Waals surface area (Å²) in [6.07, 6.45) is 3.03. The molecule has 0 aromatic carbocycles.